The largest absolute Gasteiger partial charge is 0.244 e. The minimum absolute atomic E-state index is 0.208. The van der Waals surface area contributed by atoms with E-state index in [9.17, 15) is 0 Å². The average Bonchev–Trinajstić information content (AvgIpc) is 3.18. The molecule has 0 amide bonds. The van der Waals surface area contributed by atoms with E-state index in [2.05, 4.69) is 77.3 Å². The summed E-state index contributed by atoms with van der Waals surface area (Å²) in [6.45, 7) is 4.30. The van der Waals surface area contributed by atoms with Crippen molar-refractivity contribution in [1.82, 2.24) is 15.0 Å². The lowest BCUT2D eigenvalue weighted by molar-refractivity contribution is 0.900. The first kappa shape index (κ1) is 16.6. The fourth-order valence-corrected chi connectivity index (χ4v) is 4.01. The molecule has 0 spiro atoms. The number of benzene rings is 2. The monoisotopic (exact) mass is 357 g/mol. The van der Waals surface area contributed by atoms with Crippen molar-refractivity contribution in [2.75, 3.05) is 0 Å². The van der Waals surface area contributed by atoms with Gasteiger partial charge in [0.1, 0.15) is 6.33 Å². The molecule has 4 rings (SSSR count). The smallest absolute Gasteiger partial charge is 0.116 e. The number of hydrogen-bond donors (Lipinski definition) is 0. The lowest BCUT2D eigenvalue weighted by Crippen LogP contribution is -2.01. The summed E-state index contributed by atoms with van der Waals surface area (Å²) < 4.78 is 0. The van der Waals surface area contributed by atoms with Gasteiger partial charge in [-0.15, -0.1) is 11.3 Å². The van der Waals surface area contributed by atoms with Crippen molar-refractivity contribution in [2.24, 2.45) is 0 Å². The maximum atomic E-state index is 4.64. The van der Waals surface area contributed by atoms with Gasteiger partial charge in [-0.05, 0) is 18.6 Å². The molecule has 4 heteroatoms. The number of aromatic nitrogens is 3. The van der Waals surface area contributed by atoms with Gasteiger partial charge in [-0.2, -0.15) is 0 Å². The van der Waals surface area contributed by atoms with E-state index < -0.39 is 0 Å². The first-order valence-electron chi connectivity index (χ1n) is 8.60. The van der Waals surface area contributed by atoms with Crippen LogP contribution in [0, 0.1) is 6.92 Å². The lowest BCUT2D eigenvalue weighted by Gasteiger charge is -2.15. The summed E-state index contributed by atoms with van der Waals surface area (Å²) in [5.41, 5.74) is 8.57. The molecule has 0 radical (unpaired) electrons. The number of thiazole rings is 1. The topological polar surface area (TPSA) is 38.7 Å². The molecule has 0 saturated heterocycles. The summed E-state index contributed by atoms with van der Waals surface area (Å²) in [5, 5.41) is 0. The zero-order chi connectivity index (χ0) is 17.9. The second-order valence-corrected chi connectivity index (χ2v) is 7.21. The molecule has 0 saturated carbocycles. The van der Waals surface area contributed by atoms with Crippen molar-refractivity contribution in [3.05, 3.63) is 89.3 Å². The second kappa shape index (κ2) is 7.18. The number of rotatable bonds is 4. The quantitative estimate of drug-likeness (QED) is 0.468. The van der Waals surface area contributed by atoms with Crippen LogP contribution < -0.4 is 0 Å². The van der Waals surface area contributed by atoms with Crippen molar-refractivity contribution in [3.63, 3.8) is 0 Å². The van der Waals surface area contributed by atoms with E-state index in [0.29, 0.717) is 0 Å². The van der Waals surface area contributed by atoms with Gasteiger partial charge in [0.2, 0.25) is 0 Å². The number of aryl methyl sites for hydroxylation is 1. The predicted octanol–water partition coefficient (Wildman–Crippen LogP) is 5.73. The van der Waals surface area contributed by atoms with Crippen molar-refractivity contribution in [3.8, 4) is 21.8 Å². The summed E-state index contributed by atoms with van der Waals surface area (Å²) >= 11 is 1.63. The minimum Gasteiger partial charge on any atom is -0.244 e. The molecule has 4 aromatic rings. The van der Waals surface area contributed by atoms with Gasteiger partial charge in [-0.3, -0.25) is 0 Å². The molecular weight excluding hydrogens is 338 g/mol. The Balaban J connectivity index is 1.83. The third-order valence-electron chi connectivity index (χ3n) is 4.58. The van der Waals surface area contributed by atoms with Crippen LogP contribution in [0.15, 0.2) is 72.6 Å². The van der Waals surface area contributed by atoms with Crippen LogP contribution in [0.2, 0.25) is 0 Å². The Labute approximate surface area is 157 Å². The van der Waals surface area contributed by atoms with Crippen molar-refractivity contribution in [1.29, 1.82) is 0 Å². The van der Waals surface area contributed by atoms with Gasteiger partial charge in [0, 0.05) is 23.2 Å². The van der Waals surface area contributed by atoms with Gasteiger partial charge >= 0.3 is 0 Å². The van der Waals surface area contributed by atoms with E-state index in [1.165, 1.54) is 11.1 Å². The second-order valence-electron chi connectivity index (χ2n) is 6.36. The van der Waals surface area contributed by atoms with Crippen LogP contribution in [0.1, 0.15) is 29.5 Å². The molecule has 26 heavy (non-hydrogen) atoms. The van der Waals surface area contributed by atoms with Crippen LogP contribution in [0.5, 0.6) is 0 Å². The first-order valence-corrected chi connectivity index (χ1v) is 9.47. The third kappa shape index (κ3) is 3.16. The van der Waals surface area contributed by atoms with E-state index >= 15 is 0 Å². The fourth-order valence-electron chi connectivity index (χ4n) is 3.18. The highest BCUT2D eigenvalue weighted by molar-refractivity contribution is 7.13. The normalized spacial score (nSPS) is 12.1. The molecule has 0 aliphatic carbocycles. The third-order valence-corrected chi connectivity index (χ3v) is 5.41. The van der Waals surface area contributed by atoms with E-state index in [4.69, 9.17) is 0 Å². The summed E-state index contributed by atoms with van der Waals surface area (Å²) in [6.07, 6.45) is 3.55. The Morgan fingerprint density at radius 2 is 1.77 bits per heavy atom. The molecule has 0 fully saturated rings. The predicted molar refractivity (Wildman–Crippen MR) is 107 cm³/mol. The van der Waals surface area contributed by atoms with Gasteiger partial charge in [-0.1, -0.05) is 61.0 Å². The molecule has 2 heterocycles. The number of nitrogens with zero attached hydrogens (tertiary/aromatic N) is 3. The standard InChI is InChI=1S/C22H19N3S/c1-15-7-6-10-18(11-15)20-22(26-14-25-20)21-19(12-23-13-24-21)16(2)17-8-4-3-5-9-17/h3-14,16H,1-2H3/t16-/m0/s1. The Kier molecular flexibility index (Phi) is 4.59. The van der Waals surface area contributed by atoms with Crippen LogP contribution >= 0.6 is 11.3 Å². The minimum atomic E-state index is 0.208. The SMILES string of the molecule is Cc1cccc(-c2ncsc2-c2ncncc2[C@@H](C)c2ccccc2)c1. The van der Waals surface area contributed by atoms with E-state index in [0.717, 1.165) is 27.4 Å². The lowest BCUT2D eigenvalue weighted by atomic mass is 9.92. The molecule has 0 unspecified atom stereocenters. The summed E-state index contributed by atoms with van der Waals surface area (Å²) in [6, 6.07) is 18.9. The van der Waals surface area contributed by atoms with Gasteiger partial charge in [0.25, 0.3) is 0 Å². The zero-order valence-corrected chi connectivity index (χ0v) is 15.6. The first-order chi connectivity index (χ1) is 12.7. The van der Waals surface area contributed by atoms with Crippen molar-refractivity contribution in [2.45, 2.75) is 19.8 Å². The maximum absolute atomic E-state index is 4.64. The highest BCUT2D eigenvalue weighted by Crippen LogP contribution is 2.38. The Morgan fingerprint density at radius 3 is 2.58 bits per heavy atom. The van der Waals surface area contributed by atoms with Gasteiger partial charge in [-0.25, -0.2) is 15.0 Å². The molecule has 0 aliphatic heterocycles. The van der Waals surface area contributed by atoms with Crippen molar-refractivity contribution < 1.29 is 0 Å². The zero-order valence-electron chi connectivity index (χ0n) is 14.8. The Morgan fingerprint density at radius 1 is 0.923 bits per heavy atom. The van der Waals surface area contributed by atoms with E-state index in [1.807, 2.05) is 17.8 Å². The summed E-state index contributed by atoms with van der Waals surface area (Å²) in [5.74, 6) is 0.208. The van der Waals surface area contributed by atoms with Crippen LogP contribution in [-0.2, 0) is 0 Å². The average molecular weight is 357 g/mol. The highest BCUT2D eigenvalue weighted by Gasteiger charge is 2.20. The molecular formula is C22H19N3S. The molecule has 1 atom stereocenters. The van der Waals surface area contributed by atoms with Crippen LogP contribution in [0.4, 0.5) is 0 Å². The Hall–Kier alpha value is -2.85. The molecule has 2 aromatic heterocycles. The van der Waals surface area contributed by atoms with Gasteiger partial charge in [0.15, 0.2) is 0 Å². The molecule has 128 valence electrons. The van der Waals surface area contributed by atoms with Crippen molar-refractivity contribution >= 4 is 11.3 Å². The molecule has 0 aliphatic rings. The van der Waals surface area contributed by atoms with Gasteiger partial charge < -0.3 is 0 Å². The molecule has 0 N–H and O–H groups in total. The van der Waals surface area contributed by atoms with E-state index in [-0.39, 0.29) is 5.92 Å². The van der Waals surface area contributed by atoms with Gasteiger partial charge in [0.05, 0.1) is 21.8 Å². The molecule has 2 aromatic carbocycles. The van der Waals surface area contributed by atoms with Crippen LogP contribution in [0.25, 0.3) is 21.8 Å². The maximum Gasteiger partial charge on any atom is 0.116 e. The number of hydrogen-bond acceptors (Lipinski definition) is 4. The Bertz CT molecular complexity index is 1020. The fraction of sp³-hybridized carbons (Fsp3) is 0.136. The molecule has 3 nitrogen and oxygen atoms in total. The van der Waals surface area contributed by atoms with E-state index in [1.54, 1.807) is 17.7 Å². The van der Waals surface area contributed by atoms with Crippen LogP contribution in [0.3, 0.4) is 0 Å². The van der Waals surface area contributed by atoms with Crippen LogP contribution in [-0.4, -0.2) is 15.0 Å². The summed E-state index contributed by atoms with van der Waals surface area (Å²) in [4.78, 5) is 14.7. The highest BCUT2D eigenvalue weighted by atomic mass is 32.1. The summed E-state index contributed by atoms with van der Waals surface area (Å²) in [7, 11) is 0. The molecule has 0 bridgehead atoms.